The second kappa shape index (κ2) is 9.23. The predicted molar refractivity (Wildman–Crippen MR) is 113 cm³/mol. The highest BCUT2D eigenvalue weighted by Gasteiger charge is 2.21. The molecule has 148 valence electrons. The van der Waals surface area contributed by atoms with Crippen LogP contribution in [0.2, 0.25) is 5.02 Å². The lowest BCUT2D eigenvalue weighted by molar-refractivity contribution is 0.585. The fourth-order valence-electron chi connectivity index (χ4n) is 2.76. The van der Waals surface area contributed by atoms with E-state index < -0.39 is 10.0 Å². The summed E-state index contributed by atoms with van der Waals surface area (Å²) in [6.07, 6.45) is 5.43. The SMILES string of the molecule is CCCCC(=NN=C(N)N)c1cn(S(=O)(=O)CCCC)c2ccc(Cl)cc12. The number of nitrogens with two attached hydrogens (primary N) is 2. The maximum Gasteiger partial charge on any atom is 0.238 e. The summed E-state index contributed by atoms with van der Waals surface area (Å²) in [6.45, 7) is 4.02. The number of nitrogens with zero attached hydrogens (tertiary/aromatic N) is 3. The minimum atomic E-state index is -3.49. The van der Waals surface area contributed by atoms with Crippen molar-refractivity contribution in [1.29, 1.82) is 0 Å². The first-order chi connectivity index (χ1) is 12.8. The Morgan fingerprint density at radius 3 is 2.48 bits per heavy atom. The van der Waals surface area contributed by atoms with Gasteiger partial charge < -0.3 is 11.5 Å². The van der Waals surface area contributed by atoms with E-state index in [1.807, 2.05) is 6.92 Å². The first kappa shape index (κ1) is 21.2. The molecule has 1 aromatic heterocycles. The van der Waals surface area contributed by atoms with Crippen LogP contribution in [0.25, 0.3) is 10.9 Å². The summed E-state index contributed by atoms with van der Waals surface area (Å²) in [5.74, 6) is -0.0774. The number of unbranched alkanes of at least 4 members (excludes halogenated alkanes) is 2. The highest BCUT2D eigenvalue weighted by molar-refractivity contribution is 7.90. The van der Waals surface area contributed by atoms with Crippen molar-refractivity contribution in [2.24, 2.45) is 21.7 Å². The molecule has 0 spiro atoms. The molecule has 9 heteroatoms. The van der Waals surface area contributed by atoms with Crippen molar-refractivity contribution in [2.75, 3.05) is 5.75 Å². The summed E-state index contributed by atoms with van der Waals surface area (Å²) in [5.41, 5.74) is 12.7. The molecule has 2 aromatic rings. The Labute approximate surface area is 165 Å². The third-order valence-corrected chi connectivity index (χ3v) is 6.09. The predicted octanol–water partition coefficient (Wildman–Crippen LogP) is 3.44. The van der Waals surface area contributed by atoms with E-state index in [0.717, 1.165) is 19.3 Å². The number of rotatable bonds is 9. The van der Waals surface area contributed by atoms with Crippen LogP contribution in [-0.2, 0) is 10.0 Å². The Morgan fingerprint density at radius 2 is 1.85 bits per heavy atom. The Hall–Kier alpha value is -2.06. The standard InChI is InChI=1S/C18H26ClN5O2S/c1-3-5-7-16(22-23-18(20)21)15-12-24(27(25,26)10-6-4-2)17-9-8-13(19)11-14(15)17/h8-9,11-12H,3-7,10H2,1-2H3,(H4,20,21,23). The van der Waals surface area contributed by atoms with Gasteiger partial charge in [0.25, 0.3) is 0 Å². The molecule has 0 amide bonds. The summed E-state index contributed by atoms with van der Waals surface area (Å²) >= 11 is 6.17. The van der Waals surface area contributed by atoms with Crippen LogP contribution >= 0.6 is 11.6 Å². The molecular weight excluding hydrogens is 386 g/mol. The maximum atomic E-state index is 12.8. The minimum Gasteiger partial charge on any atom is -0.369 e. The Bertz CT molecular complexity index is 960. The summed E-state index contributed by atoms with van der Waals surface area (Å²) in [7, 11) is -3.49. The van der Waals surface area contributed by atoms with E-state index in [2.05, 4.69) is 17.1 Å². The molecule has 0 aliphatic rings. The van der Waals surface area contributed by atoms with Gasteiger partial charge in [0.05, 0.1) is 17.0 Å². The van der Waals surface area contributed by atoms with Crippen LogP contribution in [0, 0.1) is 0 Å². The van der Waals surface area contributed by atoms with Crippen molar-refractivity contribution >= 4 is 44.2 Å². The molecule has 0 aliphatic carbocycles. The molecule has 0 saturated heterocycles. The van der Waals surface area contributed by atoms with E-state index in [-0.39, 0.29) is 11.7 Å². The molecule has 0 fully saturated rings. The van der Waals surface area contributed by atoms with E-state index in [0.29, 0.717) is 40.0 Å². The highest BCUT2D eigenvalue weighted by Crippen LogP contribution is 2.28. The first-order valence-electron chi connectivity index (χ1n) is 8.99. The van der Waals surface area contributed by atoms with Crippen molar-refractivity contribution in [3.8, 4) is 0 Å². The fourth-order valence-corrected chi connectivity index (χ4v) is 4.51. The number of fused-ring (bicyclic) bond motifs is 1. The summed E-state index contributed by atoms with van der Waals surface area (Å²) in [6, 6.07) is 5.14. The molecule has 0 bridgehead atoms. The zero-order chi connectivity index (χ0) is 20.0. The van der Waals surface area contributed by atoms with Crippen LogP contribution < -0.4 is 11.5 Å². The molecule has 0 aliphatic heterocycles. The maximum absolute atomic E-state index is 12.8. The van der Waals surface area contributed by atoms with E-state index in [9.17, 15) is 8.42 Å². The van der Waals surface area contributed by atoms with Gasteiger partial charge >= 0.3 is 0 Å². The zero-order valence-electron chi connectivity index (χ0n) is 15.7. The molecule has 0 radical (unpaired) electrons. The Balaban J connectivity index is 2.69. The van der Waals surface area contributed by atoms with Crippen molar-refractivity contribution in [3.05, 3.63) is 35.0 Å². The number of hydrogen-bond acceptors (Lipinski definition) is 4. The second-order valence-electron chi connectivity index (χ2n) is 6.34. The molecular formula is C18H26ClN5O2S. The van der Waals surface area contributed by atoms with Gasteiger partial charge in [-0.15, -0.1) is 5.10 Å². The van der Waals surface area contributed by atoms with Crippen molar-refractivity contribution < 1.29 is 8.42 Å². The van der Waals surface area contributed by atoms with Gasteiger partial charge in [-0.1, -0.05) is 38.3 Å². The second-order valence-corrected chi connectivity index (χ2v) is 8.75. The third kappa shape index (κ3) is 5.23. The Morgan fingerprint density at radius 1 is 1.15 bits per heavy atom. The largest absolute Gasteiger partial charge is 0.369 e. The van der Waals surface area contributed by atoms with Gasteiger partial charge in [0.1, 0.15) is 0 Å². The van der Waals surface area contributed by atoms with Crippen molar-refractivity contribution in [1.82, 2.24) is 3.97 Å². The normalized spacial score (nSPS) is 12.5. The highest BCUT2D eigenvalue weighted by atomic mass is 35.5. The lowest BCUT2D eigenvalue weighted by Crippen LogP contribution is -2.22. The zero-order valence-corrected chi connectivity index (χ0v) is 17.2. The molecule has 0 unspecified atom stereocenters. The van der Waals surface area contributed by atoms with E-state index in [1.54, 1.807) is 24.4 Å². The molecule has 7 nitrogen and oxygen atoms in total. The quantitative estimate of drug-likeness (QED) is 0.373. The van der Waals surface area contributed by atoms with E-state index >= 15 is 0 Å². The van der Waals surface area contributed by atoms with Crippen LogP contribution in [0.5, 0.6) is 0 Å². The van der Waals surface area contributed by atoms with Crippen LogP contribution in [0.1, 0.15) is 51.5 Å². The van der Waals surface area contributed by atoms with Gasteiger partial charge in [-0.05, 0) is 37.5 Å². The smallest absolute Gasteiger partial charge is 0.238 e. The number of halogens is 1. The Kier molecular flexibility index (Phi) is 7.26. The van der Waals surface area contributed by atoms with Crippen LogP contribution in [0.3, 0.4) is 0 Å². The molecule has 0 saturated carbocycles. The summed E-state index contributed by atoms with van der Waals surface area (Å²) < 4.78 is 27.0. The van der Waals surface area contributed by atoms with Crippen LogP contribution in [0.15, 0.2) is 34.6 Å². The van der Waals surface area contributed by atoms with E-state index in [4.69, 9.17) is 23.1 Å². The third-order valence-electron chi connectivity index (χ3n) is 4.15. The molecule has 2 rings (SSSR count). The van der Waals surface area contributed by atoms with Crippen molar-refractivity contribution in [2.45, 2.75) is 46.0 Å². The van der Waals surface area contributed by atoms with Gasteiger partial charge in [0.2, 0.25) is 16.0 Å². The molecule has 0 atom stereocenters. The van der Waals surface area contributed by atoms with Gasteiger partial charge in [0, 0.05) is 22.2 Å². The number of aromatic nitrogens is 1. The number of benzene rings is 1. The monoisotopic (exact) mass is 411 g/mol. The molecule has 1 heterocycles. The average molecular weight is 412 g/mol. The molecule has 4 N–H and O–H groups in total. The van der Waals surface area contributed by atoms with Crippen LogP contribution in [-0.4, -0.2) is 29.8 Å². The van der Waals surface area contributed by atoms with E-state index in [1.165, 1.54) is 3.97 Å². The van der Waals surface area contributed by atoms with Gasteiger partial charge in [-0.2, -0.15) is 5.10 Å². The average Bonchev–Trinajstić information content (AvgIpc) is 2.99. The molecule has 27 heavy (non-hydrogen) atoms. The van der Waals surface area contributed by atoms with Gasteiger partial charge in [0.15, 0.2) is 0 Å². The lowest BCUT2D eigenvalue weighted by atomic mass is 10.0. The summed E-state index contributed by atoms with van der Waals surface area (Å²) in [4.78, 5) is 0. The van der Waals surface area contributed by atoms with Crippen LogP contribution in [0.4, 0.5) is 0 Å². The topological polar surface area (TPSA) is 116 Å². The minimum absolute atomic E-state index is 0.0741. The molecule has 1 aromatic carbocycles. The van der Waals surface area contributed by atoms with Gasteiger partial charge in [-0.3, -0.25) is 0 Å². The first-order valence-corrected chi connectivity index (χ1v) is 11.0. The number of guanidine groups is 1. The number of hydrogen-bond donors (Lipinski definition) is 2. The van der Waals surface area contributed by atoms with Gasteiger partial charge in [-0.25, -0.2) is 12.4 Å². The van der Waals surface area contributed by atoms with Crippen molar-refractivity contribution in [3.63, 3.8) is 0 Å². The fraction of sp³-hybridized carbons (Fsp3) is 0.444. The lowest BCUT2D eigenvalue weighted by Gasteiger charge is -2.06. The summed E-state index contributed by atoms with van der Waals surface area (Å²) in [5, 5.41) is 9.17.